The predicted octanol–water partition coefficient (Wildman–Crippen LogP) is 2.62. The fourth-order valence-corrected chi connectivity index (χ4v) is 1.68. The molecule has 1 aromatic heterocycles. The van der Waals surface area contributed by atoms with Crippen molar-refractivity contribution in [3.8, 4) is 0 Å². The summed E-state index contributed by atoms with van der Waals surface area (Å²) in [6.45, 7) is 4.27. The first-order chi connectivity index (χ1) is 6.74. The molecule has 0 saturated heterocycles. The fourth-order valence-electron chi connectivity index (χ4n) is 1.15. The summed E-state index contributed by atoms with van der Waals surface area (Å²) in [6.07, 6.45) is 3.60. The molecule has 0 aliphatic carbocycles. The minimum Gasteiger partial charge on any atom is -0.458 e. The van der Waals surface area contributed by atoms with Crippen molar-refractivity contribution in [1.29, 1.82) is 0 Å². The van der Waals surface area contributed by atoms with Crippen molar-refractivity contribution >= 4 is 17.3 Å². The van der Waals surface area contributed by atoms with Gasteiger partial charge in [0, 0.05) is 11.6 Å². The van der Waals surface area contributed by atoms with Crippen molar-refractivity contribution < 1.29 is 9.53 Å². The highest BCUT2D eigenvalue weighted by atomic mass is 32.1. The molecule has 1 atom stereocenters. The van der Waals surface area contributed by atoms with Gasteiger partial charge in [-0.25, -0.2) is 4.98 Å². The molecule has 1 rings (SSSR count). The second kappa shape index (κ2) is 5.75. The second-order valence-electron chi connectivity index (χ2n) is 3.22. The van der Waals surface area contributed by atoms with Gasteiger partial charge in [0.15, 0.2) is 0 Å². The van der Waals surface area contributed by atoms with E-state index in [1.54, 1.807) is 6.20 Å². The lowest BCUT2D eigenvalue weighted by Gasteiger charge is -2.08. The minimum atomic E-state index is -0.123. The number of ether oxygens (including phenoxy) is 1. The first-order valence-corrected chi connectivity index (χ1v) is 5.67. The summed E-state index contributed by atoms with van der Waals surface area (Å²) >= 11 is 1.50. The number of rotatable bonds is 5. The van der Waals surface area contributed by atoms with Crippen molar-refractivity contribution in [3.63, 3.8) is 0 Å². The summed E-state index contributed by atoms with van der Waals surface area (Å²) in [7, 11) is 0. The van der Waals surface area contributed by atoms with Crippen molar-refractivity contribution in [2.45, 2.75) is 33.3 Å². The highest BCUT2D eigenvalue weighted by Gasteiger charge is 2.13. The van der Waals surface area contributed by atoms with Gasteiger partial charge in [0.05, 0.1) is 5.92 Å². The van der Waals surface area contributed by atoms with Crippen LogP contribution < -0.4 is 0 Å². The lowest BCUT2D eigenvalue weighted by atomic mass is 10.1. The van der Waals surface area contributed by atoms with Crippen molar-refractivity contribution in [2.75, 3.05) is 0 Å². The van der Waals surface area contributed by atoms with E-state index in [4.69, 9.17) is 4.74 Å². The maximum Gasteiger partial charge on any atom is 0.309 e. The summed E-state index contributed by atoms with van der Waals surface area (Å²) in [5.41, 5.74) is 0. The van der Waals surface area contributed by atoms with Crippen molar-refractivity contribution in [1.82, 2.24) is 4.98 Å². The van der Waals surface area contributed by atoms with Crippen molar-refractivity contribution in [3.05, 3.63) is 16.6 Å². The van der Waals surface area contributed by atoms with Gasteiger partial charge in [0.25, 0.3) is 0 Å². The molecule has 0 aliphatic rings. The van der Waals surface area contributed by atoms with Crippen LogP contribution >= 0.6 is 11.3 Å². The van der Waals surface area contributed by atoms with Crippen LogP contribution in [0.2, 0.25) is 0 Å². The molecule has 3 nitrogen and oxygen atoms in total. The third-order valence-corrected chi connectivity index (χ3v) is 2.70. The Balaban J connectivity index is 2.27. The van der Waals surface area contributed by atoms with Crippen LogP contribution in [0.3, 0.4) is 0 Å². The third kappa shape index (κ3) is 3.46. The van der Waals surface area contributed by atoms with Crippen LogP contribution in [0, 0.1) is 5.92 Å². The number of hydrogen-bond acceptors (Lipinski definition) is 4. The standard InChI is InChI=1S/C10H15NO2S/c1-3-4-8(2)10(12)13-7-9-11-5-6-14-9/h5-6,8H,3-4,7H2,1-2H3. The Labute approximate surface area is 88.1 Å². The van der Waals surface area contributed by atoms with Gasteiger partial charge in [-0.05, 0) is 6.42 Å². The quantitative estimate of drug-likeness (QED) is 0.706. The molecule has 0 N–H and O–H groups in total. The molecule has 0 radical (unpaired) electrons. The smallest absolute Gasteiger partial charge is 0.309 e. The van der Waals surface area contributed by atoms with E-state index in [-0.39, 0.29) is 11.9 Å². The summed E-state index contributed by atoms with van der Waals surface area (Å²) < 4.78 is 5.11. The number of aromatic nitrogens is 1. The van der Waals surface area contributed by atoms with Crippen LogP contribution in [0.15, 0.2) is 11.6 Å². The van der Waals surface area contributed by atoms with E-state index in [0.29, 0.717) is 6.61 Å². The molecule has 1 unspecified atom stereocenters. The Morgan fingerprint density at radius 3 is 3.07 bits per heavy atom. The molecule has 4 heteroatoms. The highest BCUT2D eigenvalue weighted by Crippen LogP contribution is 2.10. The Kier molecular flexibility index (Phi) is 4.59. The van der Waals surface area contributed by atoms with E-state index in [0.717, 1.165) is 17.8 Å². The van der Waals surface area contributed by atoms with E-state index >= 15 is 0 Å². The number of carbonyl (C=O) groups excluding carboxylic acids is 1. The number of hydrogen-bond donors (Lipinski definition) is 0. The number of carbonyl (C=O) groups is 1. The maximum atomic E-state index is 11.4. The number of thiazole rings is 1. The monoisotopic (exact) mass is 213 g/mol. The van der Waals surface area contributed by atoms with Gasteiger partial charge in [-0.1, -0.05) is 20.3 Å². The van der Waals surface area contributed by atoms with Gasteiger partial charge in [0.1, 0.15) is 11.6 Å². The summed E-state index contributed by atoms with van der Waals surface area (Å²) in [6, 6.07) is 0. The molecule has 0 aromatic carbocycles. The van der Waals surface area contributed by atoms with Gasteiger partial charge in [-0.3, -0.25) is 4.79 Å². The van der Waals surface area contributed by atoms with Crippen molar-refractivity contribution in [2.24, 2.45) is 5.92 Å². The lowest BCUT2D eigenvalue weighted by Crippen LogP contribution is -2.14. The molecular formula is C10H15NO2S. The predicted molar refractivity (Wildman–Crippen MR) is 56.0 cm³/mol. The number of esters is 1. The summed E-state index contributed by atoms with van der Waals surface area (Å²) in [4.78, 5) is 15.4. The normalized spacial score (nSPS) is 12.4. The van der Waals surface area contributed by atoms with Gasteiger partial charge in [-0.15, -0.1) is 11.3 Å². The van der Waals surface area contributed by atoms with E-state index in [2.05, 4.69) is 11.9 Å². The molecule has 0 fully saturated rings. The Morgan fingerprint density at radius 1 is 1.71 bits per heavy atom. The zero-order valence-electron chi connectivity index (χ0n) is 8.53. The van der Waals surface area contributed by atoms with Crippen LogP contribution in [-0.4, -0.2) is 11.0 Å². The Morgan fingerprint density at radius 2 is 2.50 bits per heavy atom. The topological polar surface area (TPSA) is 39.2 Å². The van der Waals surface area contributed by atoms with E-state index in [1.807, 2.05) is 12.3 Å². The zero-order valence-corrected chi connectivity index (χ0v) is 9.34. The van der Waals surface area contributed by atoms with Gasteiger partial charge in [-0.2, -0.15) is 0 Å². The zero-order chi connectivity index (χ0) is 10.4. The molecule has 1 heterocycles. The van der Waals surface area contributed by atoms with Gasteiger partial charge >= 0.3 is 5.97 Å². The van der Waals surface area contributed by atoms with Crippen LogP contribution in [0.4, 0.5) is 0 Å². The molecule has 1 aromatic rings. The van der Waals surface area contributed by atoms with Gasteiger partial charge < -0.3 is 4.74 Å². The second-order valence-corrected chi connectivity index (χ2v) is 4.20. The molecular weight excluding hydrogens is 198 g/mol. The van der Waals surface area contributed by atoms with Crippen LogP contribution in [0.5, 0.6) is 0 Å². The van der Waals surface area contributed by atoms with E-state index < -0.39 is 0 Å². The Hall–Kier alpha value is -0.900. The minimum absolute atomic E-state index is 0.0000350. The fraction of sp³-hybridized carbons (Fsp3) is 0.600. The highest BCUT2D eigenvalue weighted by molar-refractivity contribution is 7.09. The maximum absolute atomic E-state index is 11.4. The molecule has 78 valence electrons. The molecule has 0 bridgehead atoms. The Bertz CT molecular complexity index is 272. The summed E-state index contributed by atoms with van der Waals surface area (Å²) in [5.74, 6) is -0.123. The molecule has 0 amide bonds. The third-order valence-electron chi connectivity index (χ3n) is 1.95. The van der Waals surface area contributed by atoms with Crippen LogP contribution in [0.1, 0.15) is 31.7 Å². The largest absolute Gasteiger partial charge is 0.458 e. The van der Waals surface area contributed by atoms with Gasteiger partial charge in [0.2, 0.25) is 0 Å². The average molecular weight is 213 g/mol. The lowest BCUT2D eigenvalue weighted by molar-refractivity contribution is -0.149. The summed E-state index contributed by atoms with van der Waals surface area (Å²) in [5, 5.41) is 2.72. The van der Waals surface area contributed by atoms with Crippen LogP contribution in [-0.2, 0) is 16.1 Å². The molecule has 0 aliphatic heterocycles. The first kappa shape index (κ1) is 11.2. The first-order valence-electron chi connectivity index (χ1n) is 4.79. The van der Waals surface area contributed by atoms with Crippen LogP contribution in [0.25, 0.3) is 0 Å². The molecule has 0 saturated carbocycles. The van der Waals surface area contributed by atoms with E-state index in [1.165, 1.54) is 11.3 Å². The number of nitrogens with zero attached hydrogens (tertiary/aromatic N) is 1. The average Bonchev–Trinajstić information content (AvgIpc) is 2.67. The SMILES string of the molecule is CCCC(C)C(=O)OCc1nccs1. The molecule has 0 spiro atoms. The van der Waals surface area contributed by atoms with E-state index in [9.17, 15) is 4.79 Å². The molecule has 14 heavy (non-hydrogen) atoms.